The summed E-state index contributed by atoms with van der Waals surface area (Å²) in [5.74, 6) is 1.68. The summed E-state index contributed by atoms with van der Waals surface area (Å²) in [6.45, 7) is 3.77. The molecule has 1 aromatic carbocycles. The van der Waals surface area contributed by atoms with Gasteiger partial charge >= 0.3 is 0 Å². The van der Waals surface area contributed by atoms with Gasteiger partial charge in [-0.25, -0.2) is 9.97 Å². The summed E-state index contributed by atoms with van der Waals surface area (Å²) in [5, 5.41) is 5.08. The van der Waals surface area contributed by atoms with Crippen molar-refractivity contribution >= 4 is 22.5 Å². The molecule has 1 N–H and O–H groups in total. The maximum Gasteiger partial charge on any atom is 0.229 e. The Kier molecular flexibility index (Phi) is 4.20. The highest BCUT2D eigenvalue weighted by molar-refractivity contribution is 5.95. The molecular formula is C20H23N5O. The number of amides is 1. The highest BCUT2D eigenvalue weighted by atomic mass is 16.2. The van der Waals surface area contributed by atoms with Crippen molar-refractivity contribution in [1.29, 1.82) is 0 Å². The maximum atomic E-state index is 12.4. The van der Waals surface area contributed by atoms with Crippen LogP contribution in [0.5, 0.6) is 0 Å². The first kappa shape index (κ1) is 16.7. The zero-order valence-corrected chi connectivity index (χ0v) is 15.4. The van der Waals surface area contributed by atoms with E-state index in [0.717, 1.165) is 47.4 Å². The third-order valence-electron chi connectivity index (χ3n) is 5.25. The van der Waals surface area contributed by atoms with Crippen molar-refractivity contribution in [3.8, 4) is 11.3 Å². The molecule has 26 heavy (non-hydrogen) atoms. The molecule has 1 unspecified atom stereocenters. The number of hydrogen-bond acceptors (Lipinski definition) is 4. The lowest BCUT2D eigenvalue weighted by Gasteiger charge is -2.11. The van der Waals surface area contributed by atoms with Gasteiger partial charge in [-0.3, -0.25) is 4.79 Å². The molecule has 6 nitrogen and oxygen atoms in total. The first-order valence-electron chi connectivity index (χ1n) is 8.89. The van der Waals surface area contributed by atoms with Gasteiger partial charge < -0.3 is 14.8 Å². The third kappa shape index (κ3) is 3.08. The Balaban J connectivity index is 1.61. The van der Waals surface area contributed by atoms with Gasteiger partial charge in [-0.2, -0.15) is 0 Å². The minimum absolute atomic E-state index is 0.0428. The Bertz CT molecular complexity index is 977. The van der Waals surface area contributed by atoms with Gasteiger partial charge in [0, 0.05) is 30.7 Å². The van der Waals surface area contributed by atoms with Crippen LogP contribution in [0.1, 0.15) is 12.2 Å². The fourth-order valence-electron chi connectivity index (χ4n) is 3.52. The van der Waals surface area contributed by atoms with E-state index < -0.39 is 0 Å². The number of likely N-dealkylation sites (tertiary alicyclic amines) is 1. The predicted octanol–water partition coefficient (Wildman–Crippen LogP) is 2.83. The molecular weight excluding hydrogens is 326 g/mol. The summed E-state index contributed by atoms with van der Waals surface area (Å²) < 4.78 is 2.07. The standard InChI is InChI=1S/C20H23N5O/c1-13-21-11-18(25(13)3)14-4-5-15-10-22-19(9-17(15)8-14)23-20(26)16-6-7-24(2)12-16/h4-5,8-11,16H,6-7,12H2,1-3H3,(H,22,23,26). The van der Waals surface area contributed by atoms with Gasteiger partial charge in [-0.05, 0) is 44.5 Å². The van der Waals surface area contributed by atoms with Crippen LogP contribution in [0.15, 0.2) is 36.7 Å². The Morgan fingerprint density at radius 1 is 1.15 bits per heavy atom. The SMILES string of the molecule is Cc1ncc(-c2ccc3cnc(NC(=O)C4CCN(C)C4)cc3c2)n1C. The average molecular weight is 349 g/mol. The van der Waals surface area contributed by atoms with Crippen molar-refractivity contribution in [3.63, 3.8) is 0 Å². The van der Waals surface area contributed by atoms with Gasteiger partial charge in [-0.15, -0.1) is 0 Å². The van der Waals surface area contributed by atoms with Crippen molar-refractivity contribution in [2.45, 2.75) is 13.3 Å². The molecule has 1 aliphatic rings. The lowest BCUT2D eigenvalue weighted by molar-refractivity contribution is -0.119. The van der Waals surface area contributed by atoms with Gasteiger partial charge in [0.2, 0.25) is 5.91 Å². The molecule has 0 aliphatic carbocycles. The molecule has 1 saturated heterocycles. The van der Waals surface area contributed by atoms with E-state index in [9.17, 15) is 4.79 Å². The monoisotopic (exact) mass is 349 g/mol. The quantitative estimate of drug-likeness (QED) is 0.790. The third-order valence-corrected chi connectivity index (χ3v) is 5.25. The Labute approximate surface area is 152 Å². The fraction of sp³-hybridized carbons (Fsp3) is 0.350. The summed E-state index contributed by atoms with van der Waals surface area (Å²) in [7, 11) is 4.06. The van der Waals surface area contributed by atoms with Crippen LogP contribution < -0.4 is 5.32 Å². The van der Waals surface area contributed by atoms with Crippen LogP contribution in [-0.2, 0) is 11.8 Å². The second-order valence-corrected chi connectivity index (χ2v) is 7.12. The number of anilines is 1. The van der Waals surface area contributed by atoms with E-state index in [2.05, 4.69) is 43.0 Å². The van der Waals surface area contributed by atoms with E-state index in [4.69, 9.17) is 0 Å². The Hall–Kier alpha value is -2.73. The number of pyridine rings is 1. The lowest BCUT2D eigenvalue weighted by atomic mass is 10.1. The molecule has 134 valence electrons. The van der Waals surface area contributed by atoms with E-state index in [1.165, 1.54) is 0 Å². The van der Waals surface area contributed by atoms with Crippen LogP contribution in [0.3, 0.4) is 0 Å². The molecule has 2 aromatic heterocycles. The van der Waals surface area contributed by atoms with Crippen LogP contribution in [0.25, 0.3) is 22.0 Å². The van der Waals surface area contributed by atoms with Gasteiger partial charge in [-0.1, -0.05) is 12.1 Å². The second-order valence-electron chi connectivity index (χ2n) is 7.12. The van der Waals surface area contributed by atoms with E-state index in [-0.39, 0.29) is 11.8 Å². The number of carbonyl (C=O) groups is 1. The summed E-state index contributed by atoms with van der Waals surface area (Å²) in [6.07, 6.45) is 4.60. The van der Waals surface area contributed by atoms with Crippen LogP contribution in [-0.4, -0.2) is 45.5 Å². The van der Waals surface area contributed by atoms with Crippen LogP contribution in [0, 0.1) is 12.8 Å². The topological polar surface area (TPSA) is 63.1 Å². The van der Waals surface area contributed by atoms with Crippen molar-refractivity contribution in [2.24, 2.45) is 13.0 Å². The smallest absolute Gasteiger partial charge is 0.229 e. The number of imidazole rings is 1. The minimum Gasteiger partial charge on any atom is -0.331 e. The molecule has 3 aromatic rings. The van der Waals surface area contributed by atoms with Crippen LogP contribution >= 0.6 is 0 Å². The summed E-state index contributed by atoms with van der Waals surface area (Å²) in [4.78, 5) is 23.4. The molecule has 0 radical (unpaired) electrons. The lowest BCUT2D eigenvalue weighted by Crippen LogP contribution is -2.25. The number of nitrogens with zero attached hydrogens (tertiary/aromatic N) is 4. The largest absolute Gasteiger partial charge is 0.331 e. The molecule has 3 heterocycles. The number of benzene rings is 1. The number of aromatic nitrogens is 3. The van der Waals surface area contributed by atoms with Crippen molar-refractivity contribution in [3.05, 3.63) is 42.5 Å². The van der Waals surface area contributed by atoms with E-state index in [1.54, 1.807) is 0 Å². The van der Waals surface area contributed by atoms with Crippen molar-refractivity contribution in [1.82, 2.24) is 19.4 Å². The summed E-state index contributed by atoms with van der Waals surface area (Å²) in [5.41, 5.74) is 2.17. The highest BCUT2D eigenvalue weighted by Gasteiger charge is 2.26. The molecule has 1 aliphatic heterocycles. The average Bonchev–Trinajstić information content (AvgIpc) is 3.21. The zero-order valence-electron chi connectivity index (χ0n) is 15.4. The van der Waals surface area contributed by atoms with E-state index in [1.807, 2.05) is 39.5 Å². The second kappa shape index (κ2) is 6.53. The molecule has 1 fully saturated rings. The summed E-state index contributed by atoms with van der Waals surface area (Å²) >= 11 is 0. The minimum atomic E-state index is 0.0428. The van der Waals surface area contributed by atoms with Crippen LogP contribution in [0.2, 0.25) is 0 Å². The zero-order chi connectivity index (χ0) is 18.3. The van der Waals surface area contributed by atoms with E-state index >= 15 is 0 Å². The van der Waals surface area contributed by atoms with Gasteiger partial charge in [0.25, 0.3) is 0 Å². The Morgan fingerprint density at radius 3 is 2.69 bits per heavy atom. The van der Waals surface area contributed by atoms with Crippen LogP contribution in [0.4, 0.5) is 5.82 Å². The fourth-order valence-corrected chi connectivity index (χ4v) is 3.52. The number of carbonyl (C=O) groups excluding carboxylic acids is 1. The maximum absolute atomic E-state index is 12.4. The molecule has 1 amide bonds. The molecule has 4 rings (SSSR count). The first-order chi connectivity index (χ1) is 12.5. The molecule has 6 heteroatoms. The predicted molar refractivity (Wildman–Crippen MR) is 103 cm³/mol. The van der Waals surface area contributed by atoms with Gasteiger partial charge in [0.1, 0.15) is 11.6 Å². The molecule has 0 bridgehead atoms. The normalized spacial score (nSPS) is 17.7. The highest BCUT2D eigenvalue weighted by Crippen LogP contribution is 2.26. The number of fused-ring (bicyclic) bond motifs is 1. The molecule has 0 saturated carbocycles. The number of hydrogen-bond donors (Lipinski definition) is 1. The van der Waals surface area contributed by atoms with Crippen molar-refractivity contribution < 1.29 is 4.79 Å². The Morgan fingerprint density at radius 2 is 2.00 bits per heavy atom. The molecule has 0 spiro atoms. The number of aryl methyl sites for hydroxylation is 1. The van der Waals surface area contributed by atoms with Gasteiger partial charge in [0.05, 0.1) is 17.8 Å². The van der Waals surface area contributed by atoms with Crippen molar-refractivity contribution in [2.75, 3.05) is 25.5 Å². The number of rotatable bonds is 3. The molecule has 1 atom stereocenters. The number of nitrogens with one attached hydrogen (secondary N) is 1. The van der Waals surface area contributed by atoms with E-state index in [0.29, 0.717) is 5.82 Å². The first-order valence-corrected chi connectivity index (χ1v) is 8.89. The summed E-state index contributed by atoms with van der Waals surface area (Å²) in [6, 6.07) is 8.19. The van der Waals surface area contributed by atoms with Gasteiger partial charge in [0.15, 0.2) is 0 Å².